The van der Waals surface area contributed by atoms with E-state index in [-0.39, 0.29) is 5.97 Å². The van der Waals surface area contributed by atoms with Crippen molar-refractivity contribution >= 4 is 5.97 Å². The lowest BCUT2D eigenvalue weighted by Gasteiger charge is -2.04. The molecule has 0 aliphatic heterocycles. The molecule has 0 atom stereocenters. The van der Waals surface area contributed by atoms with Crippen molar-refractivity contribution in [1.29, 1.82) is 0 Å². The summed E-state index contributed by atoms with van der Waals surface area (Å²) in [5.74, 6) is 0.527. The van der Waals surface area contributed by atoms with E-state index in [1.165, 1.54) is 70.6 Å². The Hall–Kier alpha value is -1.83. The van der Waals surface area contributed by atoms with Crippen LogP contribution in [0.25, 0.3) is 0 Å². The van der Waals surface area contributed by atoms with Gasteiger partial charge in [0.05, 0.1) is 0 Å². The second-order valence-corrected chi connectivity index (χ2v) is 7.12. The minimum atomic E-state index is -0.117. The number of carbonyl (C=O) groups excluding carboxylic acids is 1. The molecule has 0 heterocycles. The molecule has 0 spiro atoms. The first kappa shape index (κ1) is 26.2. The van der Waals surface area contributed by atoms with E-state index in [0.29, 0.717) is 12.2 Å². The number of ether oxygens (including phenoxy) is 1. The third kappa shape index (κ3) is 17.6. The Morgan fingerprint density at radius 2 is 1.29 bits per heavy atom. The van der Waals surface area contributed by atoms with Crippen molar-refractivity contribution in [3.8, 4) is 5.75 Å². The first-order valence-corrected chi connectivity index (χ1v) is 11.2. The molecule has 28 heavy (non-hydrogen) atoms. The number of hydrogen-bond donors (Lipinski definition) is 0. The van der Waals surface area contributed by atoms with E-state index < -0.39 is 0 Å². The molecule has 0 radical (unpaired) electrons. The van der Waals surface area contributed by atoms with Crippen LogP contribution in [0.2, 0.25) is 0 Å². The quantitative estimate of drug-likeness (QED) is 0.123. The number of unbranched alkanes of at least 4 members (excludes halogenated alkanes) is 11. The largest absolute Gasteiger partial charge is 0.427 e. The molecule has 2 heteroatoms. The topological polar surface area (TPSA) is 26.3 Å². The summed E-state index contributed by atoms with van der Waals surface area (Å²) in [6.07, 6.45) is 21.7. The first-order chi connectivity index (χ1) is 13.8. The van der Waals surface area contributed by atoms with Crippen molar-refractivity contribution in [1.82, 2.24) is 0 Å². The van der Waals surface area contributed by atoms with Crippen LogP contribution in [0, 0.1) is 0 Å². The molecule has 1 aromatic carbocycles. The number of allylic oxidation sites excluding steroid dienone is 2. The average molecular weight is 387 g/mol. The Labute approximate surface area is 174 Å². The van der Waals surface area contributed by atoms with Crippen molar-refractivity contribution < 1.29 is 9.53 Å². The summed E-state index contributed by atoms with van der Waals surface area (Å²) < 4.78 is 5.29. The maximum Gasteiger partial charge on any atom is 0.311 e. The second-order valence-electron chi connectivity index (χ2n) is 7.12. The fraction of sp³-hybridized carbons (Fsp3) is 0.577. The number of esters is 1. The van der Waals surface area contributed by atoms with E-state index in [1.807, 2.05) is 30.3 Å². The highest BCUT2D eigenvalue weighted by atomic mass is 16.5. The van der Waals surface area contributed by atoms with Crippen LogP contribution >= 0.6 is 0 Å². The summed E-state index contributed by atoms with van der Waals surface area (Å²) in [5.41, 5.74) is 0. The molecule has 0 saturated carbocycles. The number of para-hydroxylation sites is 1. The van der Waals surface area contributed by atoms with E-state index in [0.717, 1.165) is 12.8 Å². The molecule has 0 amide bonds. The molecular formula is C26H42O2. The Balaban J connectivity index is 0.00000352. The van der Waals surface area contributed by atoms with Gasteiger partial charge in [-0.1, -0.05) is 88.6 Å². The highest BCUT2D eigenvalue weighted by molar-refractivity contribution is 5.72. The van der Waals surface area contributed by atoms with Crippen LogP contribution in [0.5, 0.6) is 5.75 Å². The van der Waals surface area contributed by atoms with Gasteiger partial charge in [0.1, 0.15) is 5.75 Å². The second kappa shape index (κ2) is 21.5. The fourth-order valence-corrected chi connectivity index (χ4v) is 3.01. The van der Waals surface area contributed by atoms with E-state index in [4.69, 9.17) is 4.74 Å². The zero-order chi connectivity index (χ0) is 20.7. The minimum absolute atomic E-state index is 0.117. The zero-order valence-electron chi connectivity index (χ0n) is 18.2. The van der Waals surface area contributed by atoms with E-state index in [2.05, 4.69) is 32.2 Å². The molecule has 0 saturated heterocycles. The smallest absolute Gasteiger partial charge is 0.311 e. The molecule has 0 N–H and O–H groups in total. The van der Waals surface area contributed by atoms with Crippen LogP contribution in [-0.4, -0.2) is 5.97 Å². The summed E-state index contributed by atoms with van der Waals surface area (Å²) >= 11 is 0. The average Bonchev–Trinajstić information content (AvgIpc) is 2.73. The van der Waals surface area contributed by atoms with Gasteiger partial charge >= 0.3 is 5.97 Å². The summed E-state index contributed by atoms with van der Waals surface area (Å²) in [6.45, 7) is 8.27. The number of carbonyl (C=O) groups is 1. The predicted molar refractivity (Wildman–Crippen MR) is 123 cm³/mol. The summed E-state index contributed by atoms with van der Waals surface area (Å²) in [5, 5.41) is 0. The Kier molecular flexibility index (Phi) is 20.1. The van der Waals surface area contributed by atoms with Gasteiger partial charge in [0.2, 0.25) is 0 Å². The normalized spacial score (nSPS) is 10.5. The Morgan fingerprint density at radius 1 is 0.786 bits per heavy atom. The molecule has 0 fully saturated rings. The summed E-state index contributed by atoms with van der Waals surface area (Å²) in [6, 6.07) is 9.31. The minimum Gasteiger partial charge on any atom is -0.427 e. The van der Waals surface area contributed by atoms with Gasteiger partial charge in [0.25, 0.3) is 0 Å². The van der Waals surface area contributed by atoms with Gasteiger partial charge in [-0.2, -0.15) is 0 Å². The van der Waals surface area contributed by atoms with Crippen molar-refractivity contribution in [3.05, 3.63) is 55.6 Å². The van der Waals surface area contributed by atoms with Gasteiger partial charge < -0.3 is 4.74 Å². The van der Waals surface area contributed by atoms with Gasteiger partial charge in [0.15, 0.2) is 0 Å². The van der Waals surface area contributed by atoms with Gasteiger partial charge in [-0.05, 0) is 44.2 Å². The van der Waals surface area contributed by atoms with Crippen LogP contribution in [0.4, 0.5) is 0 Å². The predicted octanol–water partition coefficient (Wildman–Crippen LogP) is 8.43. The van der Waals surface area contributed by atoms with Crippen LogP contribution in [0.1, 0.15) is 96.8 Å². The van der Waals surface area contributed by atoms with Gasteiger partial charge in [0, 0.05) is 6.42 Å². The third-order valence-electron chi connectivity index (χ3n) is 4.62. The maximum atomic E-state index is 11.7. The molecule has 0 unspecified atom stereocenters. The maximum absolute atomic E-state index is 11.7. The third-order valence-corrected chi connectivity index (χ3v) is 4.62. The van der Waals surface area contributed by atoms with E-state index >= 15 is 0 Å². The van der Waals surface area contributed by atoms with E-state index in [1.54, 1.807) is 0 Å². The zero-order valence-corrected chi connectivity index (χ0v) is 18.2. The Morgan fingerprint density at radius 3 is 1.86 bits per heavy atom. The lowest BCUT2D eigenvalue weighted by Crippen LogP contribution is -2.07. The van der Waals surface area contributed by atoms with Crippen molar-refractivity contribution in [2.75, 3.05) is 0 Å². The fourth-order valence-electron chi connectivity index (χ4n) is 3.01. The number of hydrogen-bond acceptors (Lipinski definition) is 2. The molecule has 0 aromatic heterocycles. The van der Waals surface area contributed by atoms with Gasteiger partial charge in [-0.15, -0.1) is 13.2 Å². The van der Waals surface area contributed by atoms with Crippen LogP contribution in [-0.2, 0) is 4.79 Å². The standard InChI is InChI=1S/C24H38O2.C2H4/c1-2-3-4-5-6-7-8-9-10-11-12-13-14-15-19-22-24(25)26-23-20-17-16-18-21-23;1-2/h9-10,16-18,20-21H,2-8,11-15,19,22H2,1H3;1-2H2. The monoisotopic (exact) mass is 386 g/mol. The SMILES string of the molecule is C=C.CCCCCCCCC=CCCCCCCCC(=O)Oc1ccccc1. The van der Waals surface area contributed by atoms with Crippen LogP contribution < -0.4 is 4.74 Å². The lowest BCUT2D eigenvalue weighted by atomic mass is 10.1. The number of rotatable bonds is 16. The molecule has 0 bridgehead atoms. The molecule has 2 nitrogen and oxygen atoms in total. The highest BCUT2D eigenvalue weighted by Crippen LogP contribution is 2.12. The van der Waals surface area contributed by atoms with Gasteiger partial charge in [-0.25, -0.2) is 0 Å². The van der Waals surface area contributed by atoms with Crippen LogP contribution in [0.3, 0.4) is 0 Å². The van der Waals surface area contributed by atoms with E-state index in [9.17, 15) is 4.79 Å². The van der Waals surface area contributed by atoms with Crippen molar-refractivity contribution in [3.63, 3.8) is 0 Å². The summed E-state index contributed by atoms with van der Waals surface area (Å²) in [7, 11) is 0. The number of benzene rings is 1. The molecular weight excluding hydrogens is 344 g/mol. The molecule has 0 aliphatic carbocycles. The van der Waals surface area contributed by atoms with Gasteiger partial charge in [-0.3, -0.25) is 4.79 Å². The molecule has 1 aromatic rings. The van der Waals surface area contributed by atoms with Crippen LogP contribution in [0.15, 0.2) is 55.6 Å². The van der Waals surface area contributed by atoms with Crippen molar-refractivity contribution in [2.24, 2.45) is 0 Å². The first-order valence-electron chi connectivity index (χ1n) is 11.2. The molecule has 0 aliphatic rings. The molecule has 1 rings (SSSR count). The van der Waals surface area contributed by atoms with Crippen molar-refractivity contribution in [2.45, 2.75) is 96.8 Å². The summed E-state index contributed by atoms with van der Waals surface area (Å²) in [4.78, 5) is 11.7. The highest BCUT2D eigenvalue weighted by Gasteiger charge is 2.03. The lowest BCUT2D eigenvalue weighted by molar-refractivity contribution is -0.134. The molecule has 158 valence electrons. The Bertz CT molecular complexity index is 478.